The molecule has 0 fully saturated rings. The van der Waals surface area contributed by atoms with Gasteiger partial charge in [-0.25, -0.2) is 4.79 Å². The molecule has 2 aromatic rings. The zero-order valence-electron chi connectivity index (χ0n) is 16.2. The third kappa shape index (κ3) is 6.79. The van der Waals surface area contributed by atoms with Gasteiger partial charge in [0.15, 0.2) is 5.78 Å². The molecule has 0 bridgehead atoms. The third-order valence-electron chi connectivity index (χ3n) is 3.77. The van der Waals surface area contributed by atoms with Gasteiger partial charge in [0.2, 0.25) is 0 Å². The van der Waals surface area contributed by atoms with Crippen LogP contribution in [0.25, 0.3) is 0 Å². The van der Waals surface area contributed by atoms with Gasteiger partial charge < -0.3 is 14.2 Å². The summed E-state index contributed by atoms with van der Waals surface area (Å²) in [7, 11) is 0. The SMILES string of the molecule is C=CCOC(=O)COCC(=O)c1cc(Oc2ccc(C(F)(F)F)cc2Cl)ccc1[N+](=O)[O-]. The number of ether oxygens (including phenoxy) is 3. The summed E-state index contributed by atoms with van der Waals surface area (Å²) in [6, 6.07) is 5.54. The zero-order valence-corrected chi connectivity index (χ0v) is 16.9. The van der Waals surface area contributed by atoms with Crippen molar-refractivity contribution in [3.05, 3.63) is 75.3 Å². The van der Waals surface area contributed by atoms with Crippen molar-refractivity contribution in [2.75, 3.05) is 19.8 Å². The fourth-order valence-electron chi connectivity index (χ4n) is 2.35. The van der Waals surface area contributed by atoms with Gasteiger partial charge in [0.1, 0.15) is 36.9 Å². The van der Waals surface area contributed by atoms with Crippen LogP contribution in [-0.2, 0) is 20.4 Å². The molecule has 0 aliphatic carbocycles. The Balaban J connectivity index is 2.19. The van der Waals surface area contributed by atoms with E-state index in [0.29, 0.717) is 6.07 Å². The maximum absolute atomic E-state index is 12.8. The summed E-state index contributed by atoms with van der Waals surface area (Å²) in [5.74, 6) is -1.85. The van der Waals surface area contributed by atoms with Crippen molar-refractivity contribution >= 4 is 29.0 Å². The van der Waals surface area contributed by atoms with Gasteiger partial charge in [-0.2, -0.15) is 13.2 Å². The fraction of sp³-hybridized carbons (Fsp3) is 0.200. The van der Waals surface area contributed by atoms with E-state index in [2.05, 4.69) is 11.3 Å². The van der Waals surface area contributed by atoms with Gasteiger partial charge in [0.05, 0.1) is 15.5 Å². The number of nitro groups is 1. The van der Waals surface area contributed by atoms with E-state index in [1.807, 2.05) is 0 Å². The smallest absolute Gasteiger partial charge is 0.416 e. The van der Waals surface area contributed by atoms with E-state index >= 15 is 0 Å². The van der Waals surface area contributed by atoms with Crippen molar-refractivity contribution in [3.63, 3.8) is 0 Å². The molecule has 8 nitrogen and oxygen atoms in total. The van der Waals surface area contributed by atoms with Gasteiger partial charge in [-0.1, -0.05) is 24.3 Å². The lowest BCUT2D eigenvalue weighted by molar-refractivity contribution is -0.385. The molecular formula is C20H15ClF3NO7. The van der Waals surface area contributed by atoms with Crippen molar-refractivity contribution in [1.82, 2.24) is 0 Å². The molecule has 0 N–H and O–H groups in total. The minimum absolute atomic E-state index is 0.0481. The summed E-state index contributed by atoms with van der Waals surface area (Å²) in [5, 5.41) is 10.9. The summed E-state index contributed by atoms with van der Waals surface area (Å²) in [5.41, 5.74) is -1.94. The highest BCUT2D eigenvalue weighted by Crippen LogP contribution is 2.37. The van der Waals surface area contributed by atoms with Crippen molar-refractivity contribution in [3.8, 4) is 11.5 Å². The molecule has 0 saturated heterocycles. The predicted octanol–water partition coefficient (Wildman–Crippen LogP) is 4.99. The fourth-order valence-corrected chi connectivity index (χ4v) is 2.57. The molecule has 0 saturated carbocycles. The molecule has 0 aliphatic rings. The Morgan fingerprint density at radius 3 is 2.47 bits per heavy atom. The lowest BCUT2D eigenvalue weighted by atomic mass is 10.1. The number of carbonyl (C=O) groups is 2. The molecule has 0 atom stereocenters. The summed E-state index contributed by atoms with van der Waals surface area (Å²) in [6.45, 7) is 2.07. The van der Waals surface area contributed by atoms with Gasteiger partial charge in [0, 0.05) is 6.07 Å². The van der Waals surface area contributed by atoms with E-state index in [4.69, 9.17) is 21.1 Å². The number of alkyl halides is 3. The van der Waals surface area contributed by atoms with Crippen LogP contribution < -0.4 is 4.74 Å². The van der Waals surface area contributed by atoms with Gasteiger partial charge in [0.25, 0.3) is 5.69 Å². The number of ketones is 1. The van der Waals surface area contributed by atoms with Crippen LogP contribution in [-0.4, -0.2) is 36.5 Å². The second-order valence-electron chi connectivity index (χ2n) is 6.07. The molecule has 32 heavy (non-hydrogen) atoms. The van der Waals surface area contributed by atoms with Gasteiger partial charge in [-0.3, -0.25) is 14.9 Å². The van der Waals surface area contributed by atoms with Crippen molar-refractivity contribution < 1.29 is 41.9 Å². The highest BCUT2D eigenvalue weighted by molar-refractivity contribution is 6.32. The van der Waals surface area contributed by atoms with Gasteiger partial charge in [-0.15, -0.1) is 0 Å². The Kier molecular flexibility index (Phi) is 8.33. The van der Waals surface area contributed by atoms with Crippen LogP contribution in [0.2, 0.25) is 5.02 Å². The standard InChI is InChI=1S/C20H15ClF3NO7/c1-2-7-31-19(27)11-30-10-17(26)14-9-13(4-5-16(14)25(28)29)32-18-6-3-12(8-15(18)21)20(22,23)24/h2-6,8-9H,1,7,10-11H2. The van der Waals surface area contributed by atoms with E-state index in [9.17, 15) is 32.9 Å². The number of Topliss-reactive ketones (excluding diaryl/α,β-unsaturated/α-hetero) is 1. The van der Waals surface area contributed by atoms with Crippen molar-refractivity contribution in [2.45, 2.75) is 6.18 Å². The quantitative estimate of drug-likeness (QED) is 0.157. The first-order chi connectivity index (χ1) is 15.0. The number of carbonyl (C=O) groups excluding carboxylic acids is 2. The predicted molar refractivity (Wildman–Crippen MR) is 106 cm³/mol. The Labute approximate surface area is 184 Å². The van der Waals surface area contributed by atoms with E-state index in [1.165, 1.54) is 6.08 Å². The van der Waals surface area contributed by atoms with Crippen LogP contribution in [0.4, 0.5) is 18.9 Å². The molecule has 0 aromatic heterocycles. The molecule has 0 aliphatic heterocycles. The Morgan fingerprint density at radius 2 is 1.88 bits per heavy atom. The number of hydrogen-bond donors (Lipinski definition) is 0. The first-order valence-corrected chi connectivity index (χ1v) is 9.11. The number of rotatable bonds is 10. The molecule has 0 amide bonds. The number of nitrogens with zero attached hydrogens (tertiary/aromatic N) is 1. The third-order valence-corrected chi connectivity index (χ3v) is 4.06. The number of hydrogen-bond acceptors (Lipinski definition) is 7. The number of esters is 1. The monoisotopic (exact) mass is 473 g/mol. The molecule has 170 valence electrons. The lowest BCUT2D eigenvalue weighted by Crippen LogP contribution is -2.17. The van der Waals surface area contributed by atoms with Crippen LogP contribution in [0.1, 0.15) is 15.9 Å². The van der Waals surface area contributed by atoms with Gasteiger partial charge >= 0.3 is 12.1 Å². The number of halogens is 4. The molecule has 0 spiro atoms. The van der Waals surface area contributed by atoms with E-state index < -0.39 is 52.9 Å². The van der Waals surface area contributed by atoms with Crippen LogP contribution in [0.5, 0.6) is 11.5 Å². The Bertz CT molecular complexity index is 1040. The summed E-state index contributed by atoms with van der Waals surface area (Å²) < 4.78 is 53.2. The van der Waals surface area contributed by atoms with Gasteiger partial charge in [-0.05, 0) is 30.3 Å². The Morgan fingerprint density at radius 1 is 1.16 bits per heavy atom. The minimum Gasteiger partial charge on any atom is -0.460 e. The maximum Gasteiger partial charge on any atom is 0.416 e. The highest BCUT2D eigenvalue weighted by atomic mass is 35.5. The summed E-state index contributed by atoms with van der Waals surface area (Å²) >= 11 is 5.83. The summed E-state index contributed by atoms with van der Waals surface area (Å²) in [4.78, 5) is 34.2. The first-order valence-electron chi connectivity index (χ1n) is 8.73. The van der Waals surface area contributed by atoms with Crippen molar-refractivity contribution in [2.24, 2.45) is 0 Å². The minimum atomic E-state index is -4.60. The molecular weight excluding hydrogens is 459 g/mol. The normalized spacial score (nSPS) is 11.0. The number of nitro benzene ring substituents is 1. The highest BCUT2D eigenvalue weighted by Gasteiger charge is 2.31. The largest absolute Gasteiger partial charge is 0.460 e. The molecule has 2 aromatic carbocycles. The van der Waals surface area contributed by atoms with Crippen LogP contribution in [0, 0.1) is 10.1 Å². The second-order valence-corrected chi connectivity index (χ2v) is 6.48. The molecule has 0 radical (unpaired) electrons. The van der Waals surface area contributed by atoms with Crippen LogP contribution in [0.15, 0.2) is 49.1 Å². The lowest BCUT2D eigenvalue weighted by Gasteiger charge is -2.12. The first kappa shape index (κ1) is 24.8. The van der Waals surface area contributed by atoms with Crippen LogP contribution in [0.3, 0.4) is 0 Å². The molecule has 2 rings (SSSR count). The molecule has 0 unspecified atom stereocenters. The maximum atomic E-state index is 12.8. The van der Waals surface area contributed by atoms with E-state index in [1.54, 1.807) is 0 Å². The zero-order chi connectivity index (χ0) is 23.9. The van der Waals surface area contributed by atoms with Crippen LogP contribution >= 0.6 is 11.6 Å². The number of benzene rings is 2. The topological polar surface area (TPSA) is 105 Å². The molecule has 0 heterocycles. The van der Waals surface area contributed by atoms with E-state index in [0.717, 1.165) is 30.3 Å². The average molecular weight is 474 g/mol. The Hall–Kier alpha value is -3.44. The second kappa shape index (κ2) is 10.7. The summed E-state index contributed by atoms with van der Waals surface area (Å²) in [6.07, 6.45) is -3.27. The van der Waals surface area contributed by atoms with E-state index in [-0.39, 0.29) is 23.1 Å². The average Bonchev–Trinajstić information content (AvgIpc) is 2.72. The van der Waals surface area contributed by atoms with Crippen molar-refractivity contribution in [1.29, 1.82) is 0 Å². The molecule has 12 heteroatoms.